The van der Waals surface area contributed by atoms with Crippen molar-refractivity contribution in [2.45, 2.75) is 26.3 Å². The monoisotopic (exact) mass is 376 g/mol. The minimum atomic E-state index is -0.537. The normalized spacial score (nSPS) is 15.9. The van der Waals surface area contributed by atoms with Gasteiger partial charge in [0, 0.05) is 38.9 Å². The van der Waals surface area contributed by atoms with Gasteiger partial charge in [-0.25, -0.2) is 8.78 Å². The summed E-state index contributed by atoms with van der Waals surface area (Å²) in [6.45, 7) is 4.87. The van der Waals surface area contributed by atoms with Gasteiger partial charge in [0.25, 0.3) is 5.91 Å². The molecule has 146 valence electrons. The zero-order valence-electron chi connectivity index (χ0n) is 16.1. The van der Waals surface area contributed by atoms with Gasteiger partial charge in [-0.05, 0) is 62.5 Å². The minimum Gasteiger partial charge on any atom is -0.340 e. The summed E-state index contributed by atoms with van der Waals surface area (Å²) in [6.07, 6.45) is 1.91. The Bertz CT molecular complexity index is 773. The molecule has 1 fully saturated rings. The van der Waals surface area contributed by atoms with Crippen molar-refractivity contribution in [3.63, 3.8) is 0 Å². The van der Waals surface area contributed by atoms with Crippen molar-refractivity contribution in [1.82, 2.24) is 19.6 Å². The van der Waals surface area contributed by atoms with Crippen molar-refractivity contribution < 1.29 is 13.6 Å². The second-order valence-corrected chi connectivity index (χ2v) is 7.48. The van der Waals surface area contributed by atoms with E-state index in [1.165, 1.54) is 12.1 Å². The van der Waals surface area contributed by atoms with Gasteiger partial charge in [0.2, 0.25) is 0 Å². The fourth-order valence-electron chi connectivity index (χ4n) is 3.62. The summed E-state index contributed by atoms with van der Waals surface area (Å²) in [4.78, 5) is 16.5. The van der Waals surface area contributed by atoms with Crippen LogP contribution in [0, 0.1) is 24.5 Å². The van der Waals surface area contributed by atoms with Gasteiger partial charge in [-0.2, -0.15) is 5.10 Å². The van der Waals surface area contributed by atoms with E-state index < -0.39 is 11.6 Å². The maximum Gasteiger partial charge on any atom is 0.274 e. The van der Waals surface area contributed by atoms with Crippen molar-refractivity contribution in [2.75, 3.05) is 26.7 Å². The number of carbonyl (C=O) groups is 1. The maximum atomic E-state index is 13.3. The summed E-state index contributed by atoms with van der Waals surface area (Å²) in [6, 6.07) is 5.47. The Balaban J connectivity index is 1.49. The highest BCUT2D eigenvalue weighted by atomic mass is 19.1. The fraction of sp³-hybridized carbons (Fsp3) is 0.500. The number of hydrogen-bond acceptors (Lipinski definition) is 3. The molecule has 0 bridgehead atoms. The highest BCUT2D eigenvalue weighted by Gasteiger charge is 2.24. The summed E-state index contributed by atoms with van der Waals surface area (Å²) in [5, 5.41) is 4.25. The zero-order chi connectivity index (χ0) is 19.6. The predicted octanol–water partition coefficient (Wildman–Crippen LogP) is 2.99. The topological polar surface area (TPSA) is 41.4 Å². The molecular formula is C20H26F2N4O. The summed E-state index contributed by atoms with van der Waals surface area (Å²) in [5.74, 6) is -0.713. The zero-order valence-corrected chi connectivity index (χ0v) is 16.1. The fourth-order valence-corrected chi connectivity index (χ4v) is 3.62. The highest BCUT2D eigenvalue weighted by Crippen LogP contribution is 2.21. The summed E-state index contributed by atoms with van der Waals surface area (Å²) < 4.78 is 28.4. The molecule has 1 aliphatic heterocycles. The first kappa shape index (κ1) is 19.5. The third kappa shape index (κ3) is 4.91. The van der Waals surface area contributed by atoms with E-state index in [-0.39, 0.29) is 5.91 Å². The third-order valence-corrected chi connectivity index (χ3v) is 5.25. The van der Waals surface area contributed by atoms with Crippen LogP contribution in [0.15, 0.2) is 24.3 Å². The molecule has 2 heterocycles. The average molecular weight is 376 g/mol. The third-order valence-electron chi connectivity index (χ3n) is 5.25. The lowest BCUT2D eigenvalue weighted by Gasteiger charge is -2.33. The molecule has 0 N–H and O–H groups in total. The SMILES string of the molecule is Cc1cc(C(=O)N(C)CC2CCN(Cc3cc(F)cc(F)c3)CC2)nn1C. The van der Waals surface area contributed by atoms with Crippen molar-refractivity contribution in [3.8, 4) is 0 Å². The number of aromatic nitrogens is 2. The Morgan fingerprint density at radius 2 is 1.81 bits per heavy atom. The molecule has 0 spiro atoms. The Kier molecular flexibility index (Phi) is 5.89. The lowest BCUT2D eigenvalue weighted by atomic mass is 9.96. The second kappa shape index (κ2) is 8.17. The maximum absolute atomic E-state index is 13.3. The van der Waals surface area contributed by atoms with Crippen LogP contribution in [0.5, 0.6) is 0 Å². The molecule has 0 saturated carbocycles. The van der Waals surface area contributed by atoms with Gasteiger partial charge < -0.3 is 4.90 Å². The number of benzene rings is 1. The van der Waals surface area contributed by atoms with Crippen molar-refractivity contribution in [3.05, 3.63) is 52.9 Å². The summed E-state index contributed by atoms with van der Waals surface area (Å²) in [5.41, 5.74) is 2.08. The van der Waals surface area contributed by atoms with Crippen LogP contribution >= 0.6 is 0 Å². The molecule has 0 atom stereocenters. The van der Waals surface area contributed by atoms with Crippen LogP contribution in [0.3, 0.4) is 0 Å². The Hall–Kier alpha value is -2.28. The second-order valence-electron chi connectivity index (χ2n) is 7.48. The molecule has 0 aliphatic carbocycles. The van der Waals surface area contributed by atoms with Gasteiger partial charge in [0.1, 0.15) is 11.6 Å². The van der Waals surface area contributed by atoms with E-state index in [2.05, 4.69) is 10.00 Å². The molecule has 1 amide bonds. The molecule has 2 aromatic rings. The number of hydrogen-bond donors (Lipinski definition) is 0. The molecule has 1 aliphatic rings. The molecular weight excluding hydrogens is 350 g/mol. The smallest absolute Gasteiger partial charge is 0.274 e. The van der Waals surface area contributed by atoms with Crippen LogP contribution in [0.2, 0.25) is 0 Å². The standard InChI is InChI=1S/C20H26F2N4O/c1-14-8-19(23-25(14)3)20(27)24(2)12-15-4-6-26(7-5-15)13-16-9-17(21)11-18(22)10-16/h8-11,15H,4-7,12-13H2,1-3H3. The predicted molar refractivity (Wildman–Crippen MR) is 99.3 cm³/mol. The lowest BCUT2D eigenvalue weighted by Crippen LogP contribution is -2.39. The number of rotatable bonds is 5. The van der Waals surface area contributed by atoms with E-state index in [4.69, 9.17) is 0 Å². The van der Waals surface area contributed by atoms with Crippen LogP contribution in [0.25, 0.3) is 0 Å². The molecule has 5 nitrogen and oxygen atoms in total. The van der Waals surface area contributed by atoms with Crippen molar-refractivity contribution in [2.24, 2.45) is 13.0 Å². The highest BCUT2D eigenvalue weighted by molar-refractivity contribution is 5.92. The van der Waals surface area contributed by atoms with Crippen LogP contribution in [-0.4, -0.2) is 52.2 Å². The van der Waals surface area contributed by atoms with Gasteiger partial charge in [0.15, 0.2) is 5.69 Å². The van der Waals surface area contributed by atoms with E-state index >= 15 is 0 Å². The Morgan fingerprint density at radius 3 is 2.37 bits per heavy atom. The summed E-state index contributed by atoms with van der Waals surface area (Å²) in [7, 11) is 3.64. The van der Waals surface area contributed by atoms with Gasteiger partial charge in [0.05, 0.1) is 0 Å². The molecule has 0 radical (unpaired) electrons. The first-order chi connectivity index (χ1) is 12.8. The molecule has 0 unspecified atom stereocenters. The first-order valence-electron chi connectivity index (χ1n) is 9.25. The average Bonchev–Trinajstić information content (AvgIpc) is 2.94. The van der Waals surface area contributed by atoms with Gasteiger partial charge in [-0.3, -0.25) is 14.4 Å². The number of nitrogens with zero attached hydrogens (tertiary/aromatic N) is 4. The van der Waals surface area contributed by atoms with Crippen molar-refractivity contribution in [1.29, 1.82) is 0 Å². The van der Waals surface area contributed by atoms with Crippen LogP contribution in [0.1, 0.15) is 34.6 Å². The Labute approximate surface area is 158 Å². The molecule has 7 heteroatoms. The first-order valence-corrected chi connectivity index (χ1v) is 9.25. The van der Waals surface area contributed by atoms with Crippen molar-refractivity contribution >= 4 is 5.91 Å². The molecule has 1 aromatic heterocycles. The van der Waals surface area contributed by atoms with E-state index in [1.807, 2.05) is 21.0 Å². The van der Waals surface area contributed by atoms with E-state index in [0.717, 1.165) is 37.7 Å². The van der Waals surface area contributed by atoms with E-state index in [9.17, 15) is 13.6 Å². The number of amides is 1. The number of aryl methyl sites for hydroxylation is 2. The van der Waals surface area contributed by atoms with Gasteiger partial charge >= 0.3 is 0 Å². The molecule has 3 rings (SSSR count). The minimum absolute atomic E-state index is 0.0589. The molecule has 1 saturated heterocycles. The number of carbonyl (C=O) groups excluding carboxylic acids is 1. The quantitative estimate of drug-likeness (QED) is 0.806. The summed E-state index contributed by atoms with van der Waals surface area (Å²) >= 11 is 0. The van der Waals surface area contributed by atoms with E-state index in [0.29, 0.717) is 30.3 Å². The number of piperidine rings is 1. The van der Waals surface area contributed by atoms with Crippen LogP contribution in [0.4, 0.5) is 8.78 Å². The largest absolute Gasteiger partial charge is 0.340 e. The lowest BCUT2D eigenvalue weighted by molar-refractivity contribution is 0.0731. The van der Waals surface area contributed by atoms with Crippen LogP contribution < -0.4 is 0 Å². The van der Waals surface area contributed by atoms with E-state index in [1.54, 1.807) is 15.6 Å². The number of likely N-dealkylation sites (tertiary alicyclic amines) is 1. The molecule has 27 heavy (non-hydrogen) atoms. The van der Waals surface area contributed by atoms with Gasteiger partial charge in [-0.15, -0.1) is 0 Å². The van der Waals surface area contributed by atoms with Gasteiger partial charge in [-0.1, -0.05) is 0 Å². The number of halogens is 2. The molecule has 1 aromatic carbocycles. The Morgan fingerprint density at radius 1 is 1.19 bits per heavy atom. The van der Waals surface area contributed by atoms with Crippen LogP contribution in [-0.2, 0) is 13.6 Å².